The van der Waals surface area contributed by atoms with Crippen LogP contribution in [0.4, 0.5) is 5.69 Å². The Morgan fingerprint density at radius 2 is 2.31 bits per heavy atom. The van der Waals surface area contributed by atoms with Crippen molar-refractivity contribution in [1.29, 1.82) is 5.26 Å². The summed E-state index contributed by atoms with van der Waals surface area (Å²) in [4.78, 5) is 0.742. The maximum absolute atomic E-state index is 8.83. The van der Waals surface area contributed by atoms with Crippen LogP contribution >= 0.6 is 12.6 Å². The third-order valence-electron chi connectivity index (χ3n) is 2.02. The average Bonchev–Trinajstić information content (AvgIpc) is 2.13. The van der Waals surface area contributed by atoms with Crippen molar-refractivity contribution in [3.63, 3.8) is 0 Å². The molecular weight excluding hydrogens is 180 g/mol. The molecule has 0 radical (unpaired) electrons. The summed E-state index contributed by atoms with van der Waals surface area (Å²) in [5.74, 6) is -0.0495. The van der Waals surface area contributed by atoms with Gasteiger partial charge in [-0.1, -0.05) is 13.0 Å². The lowest BCUT2D eigenvalue weighted by molar-refractivity contribution is 0.816. The van der Waals surface area contributed by atoms with Crippen molar-refractivity contribution in [3.8, 4) is 6.07 Å². The minimum atomic E-state index is -0.0495. The van der Waals surface area contributed by atoms with Gasteiger partial charge in [-0.2, -0.15) is 5.26 Å². The molecule has 13 heavy (non-hydrogen) atoms. The van der Waals surface area contributed by atoms with Crippen molar-refractivity contribution in [2.75, 3.05) is 5.73 Å². The van der Waals surface area contributed by atoms with Gasteiger partial charge in [0.15, 0.2) is 0 Å². The summed E-state index contributed by atoms with van der Waals surface area (Å²) < 4.78 is 0. The minimum Gasteiger partial charge on any atom is -0.398 e. The van der Waals surface area contributed by atoms with Crippen LogP contribution in [0.5, 0.6) is 0 Å². The normalized spacial score (nSPS) is 12.1. The van der Waals surface area contributed by atoms with Gasteiger partial charge in [-0.25, -0.2) is 0 Å². The van der Waals surface area contributed by atoms with E-state index in [0.717, 1.165) is 16.9 Å². The van der Waals surface area contributed by atoms with Gasteiger partial charge in [-0.15, -0.1) is 12.6 Å². The van der Waals surface area contributed by atoms with E-state index in [9.17, 15) is 0 Å². The van der Waals surface area contributed by atoms with Crippen molar-refractivity contribution < 1.29 is 0 Å². The molecule has 3 heteroatoms. The second-order valence-electron chi connectivity index (χ2n) is 2.91. The predicted octanol–water partition coefficient (Wildman–Crippen LogP) is 2.57. The summed E-state index contributed by atoms with van der Waals surface area (Å²) in [5, 5.41) is 8.83. The largest absolute Gasteiger partial charge is 0.398 e. The number of nitriles is 1. The molecule has 2 nitrogen and oxygen atoms in total. The van der Waals surface area contributed by atoms with Gasteiger partial charge in [0.05, 0.1) is 12.0 Å². The van der Waals surface area contributed by atoms with Crippen molar-refractivity contribution in [3.05, 3.63) is 23.8 Å². The molecule has 0 aliphatic heterocycles. The van der Waals surface area contributed by atoms with Gasteiger partial charge in [0.1, 0.15) is 0 Å². The first-order valence-corrected chi connectivity index (χ1v) is 4.61. The number of hydrogen-bond donors (Lipinski definition) is 2. The predicted molar refractivity (Wildman–Crippen MR) is 56.8 cm³/mol. The molecule has 68 valence electrons. The van der Waals surface area contributed by atoms with Crippen LogP contribution in [0.1, 0.15) is 24.8 Å². The standard InChI is InChI=1S/C10H12N2S/c1-2-7(6-11)8-3-4-9(12)10(13)5-8/h3-5,7,13H,2,12H2,1H3. The van der Waals surface area contributed by atoms with E-state index >= 15 is 0 Å². The number of thiol groups is 1. The first kappa shape index (κ1) is 9.94. The first-order valence-electron chi connectivity index (χ1n) is 4.17. The molecule has 1 atom stereocenters. The lowest BCUT2D eigenvalue weighted by atomic mass is 9.98. The molecule has 0 saturated heterocycles. The average molecular weight is 192 g/mol. The molecule has 0 amide bonds. The third kappa shape index (κ3) is 2.16. The van der Waals surface area contributed by atoms with E-state index in [0.29, 0.717) is 5.69 Å². The number of nitrogen functional groups attached to an aromatic ring is 1. The lowest BCUT2D eigenvalue weighted by Gasteiger charge is -2.07. The zero-order chi connectivity index (χ0) is 9.84. The number of nitrogens with two attached hydrogens (primary N) is 1. The molecule has 0 bridgehead atoms. The number of hydrogen-bond acceptors (Lipinski definition) is 3. The molecule has 1 rings (SSSR count). The van der Waals surface area contributed by atoms with Gasteiger partial charge in [0, 0.05) is 10.6 Å². The molecular formula is C10H12N2S. The van der Waals surface area contributed by atoms with Crippen LogP contribution in [0.3, 0.4) is 0 Å². The van der Waals surface area contributed by atoms with E-state index in [4.69, 9.17) is 11.0 Å². The van der Waals surface area contributed by atoms with Gasteiger partial charge < -0.3 is 5.73 Å². The summed E-state index contributed by atoms with van der Waals surface area (Å²) in [6.07, 6.45) is 0.813. The molecule has 0 spiro atoms. The molecule has 0 aliphatic carbocycles. The second kappa shape index (κ2) is 4.20. The van der Waals surface area contributed by atoms with Crippen molar-refractivity contribution in [2.24, 2.45) is 0 Å². The third-order valence-corrected chi connectivity index (χ3v) is 2.41. The Balaban J connectivity index is 3.04. The topological polar surface area (TPSA) is 49.8 Å². The monoisotopic (exact) mass is 192 g/mol. The number of benzene rings is 1. The van der Waals surface area contributed by atoms with Gasteiger partial charge in [-0.05, 0) is 24.1 Å². The molecule has 0 saturated carbocycles. The molecule has 0 aliphatic rings. The SMILES string of the molecule is CCC(C#N)c1ccc(N)c(S)c1. The quantitative estimate of drug-likeness (QED) is 0.559. The van der Waals surface area contributed by atoms with E-state index in [1.165, 1.54) is 0 Å². The van der Waals surface area contributed by atoms with Gasteiger partial charge in [0.2, 0.25) is 0 Å². The van der Waals surface area contributed by atoms with Crippen LogP contribution in [0, 0.1) is 11.3 Å². The van der Waals surface area contributed by atoms with Crippen LogP contribution in [0.25, 0.3) is 0 Å². The highest BCUT2D eigenvalue weighted by Crippen LogP contribution is 2.24. The molecule has 1 aromatic rings. The highest BCUT2D eigenvalue weighted by molar-refractivity contribution is 7.80. The van der Waals surface area contributed by atoms with Crippen LogP contribution in [0.15, 0.2) is 23.1 Å². The number of nitrogens with zero attached hydrogens (tertiary/aromatic N) is 1. The Hall–Kier alpha value is -1.14. The summed E-state index contributed by atoms with van der Waals surface area (Å²) in [6.45, 7) is 1.99. The Kier molecular flexibility index (Phi) is 3.21. The van der Waals surface area contributed by atoms with Gasteiger partial charge in [0.25, 0.3) is 0 Å². The van der Waals surface area contributed by atoms with E-state index in [1.54, 1.807) is 6.07 Å². The zero-order valence-corrected chi connectivity index (χ0v) is 8.38. The Morgan fingerprint density at radius 1 is 1.62 bits per heavy atom. The molecule has 1 aromatic carbocycles. The molecule has 0 aromatic heterocycles. The summed E-state index contributed by atoms with van der Waals surface area (Å²) in [5.41, 5.74) is 7.26. The van der Waals surface area contributed by atoms with E-state index < -0.39 is 0 Å². The summed E-state index contributed by atoms with van der Waals surface area (Å²) in [7, 11) is 0. The zero-order valence-electron chi connectivity index (χ0n) is 7.49. The van der Waals surface area contributed by atoms with Gasteiger partial charge >= 0.3 is 0 Å². The minimum absolute atomic E-state index is 0.0495. The van der Waals surface area contributed by atoms with E-state index in [2.05, 4.69) is 18.7 Å². The maximum Gasteiger partial charge on any atom is 0.0710 e. The van der Waals surface area contributed by atoms with E-state index in [-0.39, 0.29) is 5.92 Å². The second-order valence-corrected chi connectivity index (χ2v) is 3.39. The maximum atomic E-state index is 8.83. The fraction of sp³-hybridized carbons (Fsp3) is 0.300. The highest BCUT2D eigenvalue weighted by Gasteiger charge is 2.08. The Labute approximate surface area is 83.8 Å². The smallest absolute Gasteiger partial charge is 0.0710 e. The lowest BCUT2D eigenvalue weighted by Crippen LogP contribution is -1.95. The Morgan fingerprint density at radius 3 is 2.77 bits per heavy atom. The molecule has 0 fully saturated rings. The first-order chi connectivity index (χ1) is 6.19. The number of anilines is 1. The van der Waals surface area contributed by atoms with Crippen LogP contribution < -0.4 is 5.73 Å². The fourth-order valence-corrected chi connectivity index (χ4v) is 1.40. The van der Waals surface area contributed by atoms with E-state index in [1.807, 2.05) is 19.1 Å². The molecule has 0 heterocycles. The van der Waals surface area contributed by atoms with Crippen molar-refractivity contribution in [2.45, 2.75) is 24.2 Å². The van der Waals surface area contributed by atoms with Crippen LogP contribution in [0.2, 0.25) is 0 Å². The van der Waals surface area contributed by atoms with Crippen LogP contribution in [-0.4, -0.2) is 0 Å². The van der Waals surface area contributed by atoms with Crippen LogP contribution in [-0.2, 0) is 0 Å². The number of rotatable bonds is 2. The molecule has 1 unspecified atom stereocenters. The summed E-state index contributed by atoms with van der Waals surface area (Å²) >= 11 is 4.21. The summed E-state index contributed by atoms with van der Waals surface area (Å²) in [6, 6.07) is 7.77. The van der Waals surface area contributed by atoms with Gasteiger partial charge in [-0.3, -0.25) is 0 Å². The van der Waals surface area contributed by atoms with Crippen molar-refractivity contribution in [1.82, 2.24) is 0 Å². The molecule has 2 N–H and O–H groups in total. The highest BCUT2D eigenvalue weighted by atomic mass is 32.1. The fourth-order valence-electron chi connectivity index (χ4n) is 1.18. The Bertz CT molecular complexity index is 341. The van der Waals surface area contributed by atoms with Crippen molar-refractivity contribution >= 4 is 18.3 Å².